The van der Waals surface area contributed by atoms with Crippen LogP contribution < -0.4 is 10.5 Å². The quantitative estimate of drug-likeness (QED) is 0.929. The Morgan fingerprint density at radius 1 is 1.25 bits per heavy atom. The molecule has 2 aromatic rings. The topological polar surface area (TPSA) is 56.3 Å². The second kappa shape index (κ2) is 4.38. The fourth-order valence-corrected chi connectivity index (χ4v) is 3.36. The van der Waals surface area contributed by atoms with Crippen molar-refractivity contribution >= 4 is 17.0 Å². The zero-order valence-electron chi connectivity index (χ0n) is 11.7. The lowest BCUT2D eigenvalue weighted by Gasteiger charge is -2.17. The van der Waals surface area contributed by atoms with Crippen molar-refractivity contribution in [1.29, 1.82) is 0 Å². The number of hydrogen-bond donors (Lipinski definition) is 1. The van der Waals surface area contributed by atoms with Crippen molar-refractivity contribution < 1.29 is 4.74 Å². The van der Waals surface area contributed by atoms with Crippen LogP contribution in [0, 0.1) is 0 Å². The molecule has 2 aliphatic rings. The van der Waals surface area contributed by atoms with Gasteiger partial charge in [0.1, 0.15) is 5.75 Å². The van der Waals surface area contributed by atoms with Crippen molar-refractivity contribution in [3.8, 4) is 5.75 Å². The first-order valence-electron chi connectivity index (χ1n) is 7.32. The van der Waals surface area contributed by atoms with Crippen LogP contribution in [0.5, 0.6) is 5.75 Å². The SMILES string of the molecule is COc1ccc2c(c1)nc(N)n2C1CCN(C2CC2)C1. The summed E-state index contributed by atoms with van der Waals surface area (Å²) in [4.78, 5) is 7.09. The summed E-state index contributed by atoms with van der Waals surface area (Å²) in [5.74, 6) is 1.45. The Bertz CT molecular complexity index is 647. The molecular weight excluding hydrogens is 252 g/mol. The van der Waals surface area contributed by atoms with E-state index in [1.165, 1.54) is 19.4 Å². The molecule has 5 nitrogen and oxygen atoms in total. The molecule has 4 rings (SSSR count). The number of fused-ring (bicyclic) bond motifs is 1. The third kappa shape index (κ3) is 1.85. The molecule has 106 valence electrons. The number of methoxy groups -OCH3 is 1. The van der Waals surface area contributed by atoms with E-state index in [1.54, 1.807) is 7.11 Å². The van der Waals surface area contributed by atoms with Gasteiger partial charge in [-0.3, -0.25) is 4.90 Å². The highest BCUT2D eigenvalue weighted by Crippen LogP contribution is 2.36. The van der Waals surface area contributed by atoms with Crippen molar-refractivity contribution in [2.24, 2.45) is 0 Å². The molecule has 2 N–H and O–H groups in total. The number of anilines is 1. The van der Waals surface area contributed by atoms with E-state index in [9.17, 15) is 0 Å². The molecule has 1 unspecified atom stereocenters. The maximum Gasteiger partial charge on any atom is 0.201 e. The zero-order chi connectivity index (χ0) is 13.7. The normalized spacial score (nSPS) is 23.6. The summed E-state index contributed by atoms with van der Waals surface area (Å²) in [6, 6.07) is 7.28. The fraction of sp³-hybridized carbons (Fsp3) is 0.533. The molecule has 5 heteroatoms. The van der Waals surface area contributed by atoms with Crippen LogP contribution in [0.4, 0.5) is 5.95 Å². The molecule has 1 atom stereocenters. The lowest BCUT2D eigenvalue weighted by Crippen LogP contribution is -2.24. The highest BCUT2D eigenvalue weighted by Gasteiger charge is 2.35. The molecule has 2 heterocycles. The predicted molar refractivity (Wildman–Crippen MR) is 78.9 cm³/mol. The number of hydrogen-bond acceptors (Lipinski definition) is 4. The molecule has 1 aliphatic carbocycles. The first-order chi connectivity index (χ1) is 9.76. The third-order valence-electron chi connectivity index (χ3n) is 4.55. The van der Waals surface area contributed by atoms with Crippen LogP contribution in [-0.4, -0.2) is 40.7 Å². The second-order valence-electron chi connectivity index (χ2n) is 5.86. The largest absolute Gasteiger partial charge is 0.497 e. The third-order valence-corrected chi connectivity index (χ3v) is 4.55. The summed E-state index contributed by atoms with van der Waals surface area (Å²) in [6.07, 6.45) is 3.90. The monoisotopic (exact) mass is 272 g/mol. The average Bonchev–Trinajstić information content (AvgIpc) is 3.10. The van der Waals surface area contributed by atoms with Gasteiger partial charge in [-0.15, -0.1) is 0 Å². The van der Waals surface area contributed by atoms with E-state index >= 15 is 0 Å². The highest BCUT2D eigenvalue weighted by atomic mass is 16.5. The van der Waals surface area contributed by atoms with Crippen LogP contribution in [0.3, 0.4) is 0 Å². The Labute approximate surface area is 118 Å². The summed E-state index contributed by atoms with van der Waals surface area (Å²) >= 11 is 0. The molecule has 20 heavy (non-hydrogen) atoms. The standard InChI is InChI=1S/C15H20N4O/c1-20-12-4-5-14-13(8-12)17-15(16)19(14)11-6-7-18(9-11)10-2-3-10/h4-5,8,10-11H,2-3,6-7,9H2,1H3,(H2,16,17). The van der Waals surface area contributed by atoms with Gasteiger partial charge in [0.15, 0.2) is 0 Å². The van der Waals surface area contributed by atoms with Crippen LogP contribution in [0.15, 0.2) is 18.2 Å². The van der Waals surface area contributed by atoms with Crippen LogP contribution >= 0.6 is 0 Å². The molecular formula is C15H20N4O. The van der Waals surface area contributed by atoms with Crippen LogP contribution in [0.1, 0.15) is 25.3 Å². The summed E-state index contributed by atoms with van der Waals surface area (Å²) in [5.41, 5.74) is 8.19. The number of nitrogens with zero attached hydrogens (tertiary/aromatic N) is 3. The Hall–Kier alpha value is -1.75. The Morgan fingerprint density at radius 2 is 2.10 bits per heavy atom. The van der Waals surface area contributed by atoms with Crippen molar-refractivity contribution in [2.45, 2.75) is 31.3 Å². The summed E-state index contributed by atoms with van der Waals surface area (Å²) in [5, 5.41) is 0. The molecule has 0 spiro atoms. The van der Waals surface area contributed by atoms with Crippen molar-refractivity contribution in [1.82, 2.24) is 14.5 Å². The molecule has 1 saturated carbocycles. The molecule has 0 bridgehead atoms. The van der Waals surface area contributed by atoms with Crippen LogP contribution in [0.2, 0.25) is 0 Å². The number of ether oxygens (including phenoxy) is 1. The predicted octanol–water partition coefficient (Wildman–Crippen LogP) is 2.04. The number of benzene rings is 1. The maximum absolute atomic E-state index is 6.15. The number of nitrogens with two attached hydrogens (primary N) is 1. The van der Waals surface area contributed by atoms with E-state index in [0.29, 0.717) is 12.0 Å². The van der Waals surface area contributed by atoms with Gasteiger partial charge in [-0.1, -0.05) is 0 Å². The van der Waals surface area contributed by atoms with Crippen molar-refractivity contribution in [2.75, 3.05) is 25.9 Å². The number of imidazole rings is 1. The minimum absolute atomic E-state index is 0.453. The smallest absolute Gasteiger partial charge is 0.201 e. The van der Waals surface area contributed by atoms with Crippen LogP contribution in [-0.2, 0) is 0 Å². The average molecular weight is 272 g/mol. The molecule has 0 amide bonds. The zero-order valence-corrected chi connectivity index (χ0v) is 11.7. The van der Waals surface area contributed by atoms with Gasteiger partial charge >= 0.3 is 0 Å². The Balaban J connectivity index is 1.70. The molecule has 1 aromatic heterocycles. The first-order valence-corrected chi connectivity index (χ1v) is 7.32. The van der Waals surface area contributed by atoms with Crippen molar-refractivity contribution in [3.63, 3.8) is 0 Å². The minimum atomic E-state index is 0.453. The van der Waals surface area contributed by atoms with Gasteiger partial charge in [-0.2, -0.15) is 0 Å². The number of aromatic nitrogens is 2. The van der Waals surface area contributed by atoms with E-state index in [2.05, 4.69) is 20.5 Å². The Kier molecular flexibility index (Phi) is 2.63. The lowest BCUT2D eigenvalue weighted by atomic mass is 10.2. The van der Waals surface area contributed by atoms with Gasteiger partial charge in [-0.05, 0) is 31.4 Å². The maximum atomic E-state index is 6.15. The molecule has 1 aliphatic heterocycles. The number of nitrogen functional groups attached to an aromatic ring is 1. The van der Waals surface area contributed by atoms with E-state index in [1.807, 2.05) is 12.1 Å². The molecule has 2 fully saturated rings. The van der Waals surface area contributed by atoms with E-state index in [-0.39, 0.29) is 0 Å². The van der Waals surface area contributed by atoms with Crippen LogP contribution in [0.25, 0.3) is 11.0 Å². The molecule has 0 radical (unpaired) electrons. The summed E-state index contributed by atoms with van der Waals surface area (Å²) in [6.45, 7) is 2.29. The second-order valence-corrected chi connectivity index (χ2v) is 5.86. The highest BCUT2D eigenvalue weighted by molar-refractivity contribution is 5.80. The van der Waals surface area contributed by atoms with Gasteiger partial charge in [0.25, 0.3) is 0 Å². The van der Waals surface area contributed by atoms with Gasteiger partial charge in [0.2, 0.25) is 5.95 Å². The van der Waals surface area contributed by atoms with Gasteiger partial charge in [0, 0.05) is 25.2 Å². The summed E-state index contributed by atoms with van der Waals surface area (Å²) < 4.78 is 7.46. The molecule has 1 aromatic carbocycles. The van der Waals surface area contributed by atoms with Gasteiger partial charge in [0.05, 0.1) is 24.2 Å². The van der Waals surface area contributed by atoms with Gasteiger partial charge in [-0.25, -0.2) is 4.98 Å². The van der Waals surface area contributed by atoms with Gasteiger partial charge < -0.3 is 15.0 Å². The Morgan fingerprint density at radius 3 is 2.85 bits per heavy atom. The fourth-order valence-electron chi connectivity index (χ4n) is 3.36. The number of likely N-dealkylation sites (tertiary alicyclic amines) is 1. The minimum Gasteiger partial charge on any atom is -0.497 e. The van der Waals surface area contributed by atoms with E-state index in [4.69, 9.17) is 10.5 Å². The van der Waals surface area contributed by atoms with Crippen molar-refractivity contribution in [3.05, 3.63) is 18.2 Å². The first kappa shape index (κ1) is 12.0. The molecule has 1 saturated heterocycles. The van der Waals surface area contributed by atoms with E-state index < -0.39 is 0 Å². The van der Waals surface area contributed by atoms with E-state index in [0.717, 1.165) is 35.8 Å². The number of rotatable bonds is 3. The summed E-state index contributed by atoms with van der Waals surface area (Å²) in [7, 11) is 1.67. The lowest BCUT2D eigenvalue weighted by molar-refractivity contribution is 0.315.